The number of hydrogen-bond donors (Lipinski definition) is 1. The molecule has 9 heteroatoms. The zero-order chi connectivity index (χ0) is 18.1. The van der Waals surface area contributed by atoms with Crippen LogP contribution in [0.1, 0.15) is 23.2 Å². The molecule has 1 unspecified atom stereocenters. The molecule has 0 aromatic carbocycles. The summed E-state index contributed by atoms with van der Waals surface area (Å²) in [6, 6.07) is 3.40. The molecule has 1 aromatic rings. The molecule has 25 heavy (non-hydrogen) atoms. The van der Waals surface area contributed by atoms with Gasteiger partial charge in [-0.1, -0.05) is 0 Å². The lowest BCUT2D eigenvalue weighted by Gasteiger charge is -2.50. The predicted molar refractivity (Wildman–Crippen MR) is 90.9 cm³/mol. The Balaban J connectivity index is 1.60. The highest BCUT2D eigenvalue weighted by Gasteiger charge is 2.54. The Bertz CT molecular complexity index is 746. The zero-order valence-corrected chi connectivity index (χ0v) is 15.2. The molecule has 2 fully saturated rings. The van der Waals surface area contributed by atoms with Gasteiger partial charge >= 0.3 is 0 Å². The number of pyridine rings is 1. The van der Waals surface area contributed by atoms with Crippen molar-refractivity contribution in [1.29, 1.82) is 0 Å². The average Bonchev–Trinajstić information content (AvgIpc) is 2.95. The van der Waals surface area contributed by atoms with Crippen molar-refractivity contribution < 1.29 is 22.7 Å². The summed E-state index contributed by atoms with van der Waals surface area (Å²) in [7, 11) is -1.70. The molecule has 0 radical (unpaired) electrons. The molecule has 3 rings (SSSR count). The molecular formula is C16H23N3O5S. The number of nitrogens with zero attached hydrogens (tertiary/aromatic N) is 2. The Morgan fingerprint density at radius 3 is 2.96 bits per heavy atom. The fraction of sp³-hybridized carbons (Fsp3) is 0.625. The molecule has 0 bridgehead atoms. The molecule has 1 atom stereocenters. The molecule has 1 amide bonds. The van der Waals surface area contributed by atoms with Gasteiger partial charge in [0.15, 0.2) is 0 Å². The molecule has 0 aliphatic carbocycles. The number of aromatic nitrogens is 1. The molecule has 2 saturated heterocycles. The highest BCUT2D eigenvalue weighted by atomic mass is 32.2. The molecule has 8 nitrogen and oxygen atoms in total. The van der Waals surface area contributed by atoms with Crippen LogP contribution in [0.3, 0.4) is 0 Å². The maximum atomic E-state index is 12.7. The summed E-state index contributed by atoms with van der Waals surface area (Å²) in [6.45, 7) is 2.04. The van der Waals surface area contributed by atoms with Gasteiger partial charge in [0.2, 0.25) is 15.9 Å². The monoisotopic (exact) mass is 369 g/mol. The Labute approximate surface area is 147 Å². The highest BCUT2D eigenvalue weighted by molar-refractivity contribution is 7.88. The summed E-state index contributed by atoms with van der Waals surface area (Å²) in [4.78, 5) is 18.4. The number of carbonyl (C=O) groups excluding carboxylic acids is 1. The molecular weight excluding hydrogens is 346 g/mol. The number of ether oxygens (including phenoxy) is 2. The van der Waals surface area contributed by atoms with Crippen molar-refractivity contribution in [2.45, 2.75) is 18.4 Å². The van der Waals surface area contributed by atoms with Crippen molar-refractivity contribution in [3.63, 3.8) is 0 Å². The molecule has 1 N–H and O–H groups in total. The van der Waals surface area contributed by atoms with Crippen LogP contribution < -0.4 is 9.46 Å². The first kappa shape index (κ1) is 18.1. The maximum absolute atomic E-state index is 12.7. The largest absolute Gasteiger partial charge is 0.480 e. The minimum absolute atomic E-state index is 0.126. The van der Waals surface area contributed by atoms with Crippen LogP contribution in [-0.2, 0) is 14.8 Å². The van der Waals surface area contributed by atoms with Gasteiger partial charge in [-0.2, -0.15) is 0 Å². The van der Waals surface area contributed by atoms with Gasteiger partial charge in [-0.05, 0) is 30.9 Å². The average molecular weight is 369 g/mol. The lowest BCUT2D eigenvalue weighted by molar-refractivity contribution is -0.117. The number of likely N-dealkylation sites (tertiary alicyclic amines) is 1. The fourth-order valence-corrected chi connectivity index (χ4v) is 4.08. The van der Waals surface area contributed by atoms with E-state index < -0.39 is 10.0 Å². The summed E-state index contributed by atoms with van der Waals surface area (Å²) in [6.07, 6.45) is 4.31. The molecule has 1 aromatic heterocycles. The number of nitrogens with one attached hydrogen (secondary N) is 1. The summed E-state index contributed by atoms with van der Waals surface area (Å²) in [5.41, 5.74) is 0.0812. The van der Waals surface area contributed by atoms with E-state index in [1.54, 1.807) is 23.2 Å². The van der Waals surface area contributed by atoms with Crippen LogP contribution in [0.25, 0.3) is 0 Å². The van der Waals surface area contributed by atoms with Crippen LogP contribution in [-0.4, -0.2) is 69.4 Å². The van der Waals surface area contributed by atoms with Gasteiger partial charge < -0.3 is 14.4 Å². The summed E-state index contributed by atoms with van der Waals surface area (Å²) >= 11 is 0. The second kappa shape index (κ2) is 6.89. The molecule has 2 aliphatic heterocycles. The van der Waals surface area contributed by atoms with E-state index in [2.05, 4.69) is 9.71 Å². The van der Waals surface area contributed by atoms with E-state index in [0.29, 0.717) is 44.1 Å². The SMILES string of the molecule is COc1ncccc1C(=O)N1CC2(C1)OCCC2CCNS(C)(=O)=O. The Hall–Kier alpha value is -1.71. The highest BCUT2D eigenvalue weighted by Crippen LogP contribution is 2.42. The van der Waals surface area contributed by atoms with Crippen molar-refractivity contribution in [2.75, 3.05) is 39.6 Å². The quantitative estimate of drug-likeness (QED) is 0.772. The number of methoxy groups -OCH3 is 1. The molecule has 1 spiro atoms. The van der Waals surface area contributed by atoms with E-state index in [1.807, 2.05) is 0 Å². The van der Waals surface area contributed by atoms with E-state index in [9.17, 15) is 13.2 Å². The van der Waals surface area contributed by atoms with Gasteiger partial charge in [-0.25, -0.2) is 18.1 Å². The maximum Gasteiger partial charge on any atom is 0.259 e. The number of sulfonamides is 1. The number of amides is 1. The first-order valence-corrected chi connectivity index (χ1v) is 10.1. The summed E-state index contributed by atoms with van der Waals surface area (Å²) in [5.74, 6) is 0.426. The van der Waals surface area contributed by atoms with Crippen LogP contribution >= 0.6 is 0 Å². The van der Waals surface area contributed by atoms with Gasteiger partial charge in [0.05, 0.1) is 26.5 Å². The molecule has 0 saturated carbocycles. The Kier molecular flexibility index (Phi) is 4.99. The van der Waals surface area contributed by atoms with Crippen LogP contribution in [0.4, 0.5) is 0 Å². The van der Waals surface area contributed by atoms with Gasteiger partial charge in [-0.15, -0.1) is 0 Å². The Morgan fingerprint density at radius 2 is 2.28 bits per heavy atom. The van der Waals surface area contributed by atoms with Crippen molar-refractivity contribution >= 4 is 15.9 Å². The van der Waals surface area contributed by atoms with Crippen LogP contribution in [0, 0.1) is 5.92 Å². The second-order valence-electron chi connectivity index (χ2n) is 6.58. The van der Waals surface area contributed by atoms with E-state index in [0.717, 1.165) is 12.7 Å². The van der Waals surface area contributed by atoms with Crippen molar-refractivity contribution in [3.8, 4) is 5.88 Å². The summed E-state index contributed by atoms with van der Waals surface area (Å²) in [5, 5.41) is 0. The number of rotatable bonds is 6. The van der Waals surface area contributed by atoms with E-state index in [4.69, 9.17) is 9.47 Å². The first-order valence-electron chi connectivity index (χ1n) is 8.21. The van der Waals surface area contributed by atoms with Crippen molar-refractivity contribution in [3.05, 3.63) is 23.9 Å². The smallest absolute Gasteiger partial charge is 0.259 e. The first-order chi connectivity index (χ1) is 11.8. The third-order valence-corrected chi connectivity index (χ3v) is 5.58. The third kappa shape index (κ3) is 3.78. The molecule has 138 valence electrons. The van der Waals surface area contributed by atoms with Crippen LogP contribution in [0.15, 0.2) is 18.3 Å². The van der Waals surface area contributed by atoms with Gasteiger partial charge in [0.1, 0.15) is 11.2 Å². The number of hydrogen-bond acceptors (Lipinski definition) is 6. The number of carbonyl (C=O) groups is 1. The predicted octanol–water partition coefficient (Wildman–Crippen LogP) is 0.261. The lowest BCUT2D eigenvalue weighted by Crippen LogP contribution is -2.66. The minimum atomic E-state index is -3.19. The minimum Gasteiger partial charge on any atom is -0.480 e. The van der Waals surface area contributed by atoms with Crippen molar-refractivity contribution in [1.82, 2.24) is 14.6 Å². The standard InChI is InChI=1S/C16H23N3O5S/c1-23-14-13(4-3-7-17-14)15(20)19-10-16(11-19)12(6-9-24-16)5-8-18-25(2,21)22/h3-4,7,12,18H,5-6,8-11H2,1-2H3. The normalized spacial score (nSPS) is 22.0. The van der Waals surface area contributed by atoms with E-state index >= 15 is 0 Å². The third-order valence-electron chi connectivity index (χ3n) is 4.86. The summed E-state index contributed by atoms with van der Waals surface area (Å²) < 4.78 is 36.0. The molecule has 2 aliphatic rings. The van der Waals surface area contributed by atoms with Gasteiger partial charge in [0, 0.05) is 19.3 Å². The fourth-order valence-electron chi connectivity index (χ4n) is 3.59. The molecule has 3 heterocycles. The lowest BCUT2D eigenvalue weighted by atomic mass is 9.78. The Morgan fingerprint density at radius 1 is 1.52 bits per heavy atom. The van der Waals surface area contributed by atoms with Crippen molar-refractivity contribution in [2.24, 2.45) is 5.92 Å². The topological polar surface area (TPSA) is 97.8 Å². The zero-order valence-electron chi connectivity index (χ0n) is 14.4. The van der Waals surface area contributed by atoms with E-state index in [1.165, 1.54) is 7.11 Å². The van der Waals surface area contributed by atoms with E-state index in [-0.39, 0.29) is 17.4 Å². The van der Waals surface area contributed by atoms with Crippen LogP contribution in [0.5, 0.6) is 5.88 Å². The van der Waals surface area contributed by atoms with Gasteiger partial charge in [0.25, 0.3) is 5.91 Å². The second-order valence-corrected chi connectivity index (χ2v) is 8.41. The van der Waals surface area contributed by atoms with Crippen LogP contribution in [0.2, 0.25) is 0 Å². The van der Waals surface area contributed by atoms with Gasteiger partial charge in [-0.3, -0.25) is 4.79 Å².